The quantitative estimate of drug-likeness (QED) is 0.746. The second-order valence-corrected chi connectivity index (χ2v) is 7.97. The number of ether oxygens (including phenoxy) is 2. The molecule has 21 heavy (non-hydrogen) atoms. The summed E-state index contributed by atoms with van der Waals surface area (Å²) in [7, 11) is 3.59. The Morgan fingerprint density at radius 1 is 1.10 bits per heavy atom. The lowest BCUT2D eigenvalue weighted by atomic mass is 9.67. The smallest absolute Gasteiger partial charge is 0.249 e. The van der Waals surface area contributed by atoms with Gasteiger partial charge in [0.2, 0.25) is 5.91 Å². The van der Waals surface area contributed by atoms with Crippen LogP contribution in [0.1, 0.15) is 47.5 Å². The lowest BCUT2D eigenvalue weighted by Gasteiger charge is -2.54. The van der Waals surface area contributed by atoms with Gasteiger partial charge in [-0.05, 0) is 13.3 Å². The molecule has 0 N–H and O–H groups in total. The fourth-order valence-electron chi connectivity index (χ4n) is 3.40. The highest BCUT2D eigenvalue weighted by molar-refractivity contribution is 5.95. The molecule has 1 fully saturated rings. The summed E-state index contributed by atoms with van der Waals surface area (Å²) in [6.45, 7) is 11.8. The molecule has 4 nitrogen and oxygen atoms in total. The van der Waals surface area contributed by atoms with Gasteiger partial charge in [0.05, 0.1) is 13.2 Å². The van der Waals surface area contributed by atoms with Gasteiger partial charge in [0.15, 0.2) is 5.79 Å². The fraction of sp³-hybridized carbons (Fsp3) is 0.824. The highest BCUT2D eigenvalue weighted by Crippen LogP contribution is 2.52. The van der Waals surface area contributed by atoms with E-state index in [0.29, 0.717) is 13.2 Å². The fourth-order valence-corrected chi connectivity index (χ4v) is 3.40. The van der Waals surface area contributed by atoms with Crippen LogP contribution >= 0.6 is 0 Å². The standard InChI is InChI=1S/C17H29NO3/c1-12-8-9-17(20-10-15(2,3)11-21-17)16(4,5)13(12)14(19)18(6)7/h8-11H2,1-7H3. The van der Waals surface area contributed by atoms with Crippen LogP contribution in [0.25, 0.3) is 0 Å². The minimum Gasteiger partial charge on any atom is -0.348 e. The lowest BCUT2D eigenvalue weighted by Crippen LogP contribution is -2.59. The Morgan fingerprint density at radius 2 is 1.62 bits per heavy atom. The van der Waals surface area contributed by atoms with E-state index >= 15 is 0 Å². The Hall–Kier alpha value is -0.870. The number of likely N-dealkylation sites (N-methyl/N-ethyl adjacent to an activating group) is 1. The Kier molecular flexibility index (Phi) is 4.00. The summed E-state index contributed by atoms with van der Waals surface area (Å²) in [6, 6.07) is 0. The van der Waals surface area contributed by atoms with E-state index in [1.165, 1.54) is 0 Å². The third kappa shape index (κ3) is 2.64. The molecule has 0 saturated carbocycles. The molecular weight excluding hydrogens is 266 g/mol. The first-order chi connectivity index (χ1) is 9.52. The molecule has 1 saturated heterocycles. The zero-order chi connectivity index (χ0) is 16.1. The highest BCUT2D eigenvalue weighted by atomic mass is 16.7. The second kappa shape index (κ2) is 5.10. The molecule has 1 amide bonds. The van der Waals surface area contributed by atoms with Gasteiger partial charge < -0.3 is 14.4 Å². The van der Waals surface area contributed by atoms with Gasteiger partial charge in [0.1, 0.15) is 0 Å². The second-order valence-electron chi connectivity index (χ2n) is 7.97. The number of hydrogen-bond donors (Lipinski definition) is 0. The molecule has 2 aliphatic rings. The molecule has 0 aromatic heterocycles. The molecule has 2 rings (SSSR count). The van der Waals surface area contributed by atoms with Gasteiger partial charge in [0.25, 0.3) is 0 Å². The van der Waals surface area contributed by atoms with E-state index in [2.05, 4.69) is 34.6 Å². The molecule has 0 bridgehead atoms. The van der Waals surface area contributed by atoms with Crippen molar-refractivity contribution in [3.8, 4) is 0 Å². The predicted octanol–water partition coefficient (Wildman–Crippen LogP) is 2.98. The summed E-state index contributed by atoms with van der Waals surface area (Å²) < 4.78 is 12.4. The van der Waals surface area contributed by atoms with E-state index in [0.717, 1.165) is 24.0 Å². The molecule has 1 heterocycles. The van der Waals surface area contributed by atoms with Crippen LogP contribution in [0.4, 0.5) is 0 Å². The van der Waals surface area contributed by atoms with Gasteiger partial charge in [0, 0.05) is 36.9 Å². The number of carbonyl (C=O) groups is 1. The third-order valence-electron chi connectivity index (χ3n) is 4.85. The maximum absolute atomic E-state index is 12.6. The third-order valence-corrected chi connectivity index (χ3v) is 4.85. The van der Waals surface area contributed by atoms with Crippen molar-refractivity contribution in [3.63, 3.8) is 0 Å². The summed E-state index contributed by atoms with van der Waals surface area (Å²) in [5, 5.41) is 0. The average Bonchev–Trinajstić information content (AvgIpc) is 2.36. The first-order valence-corrected chi connectivity index (χ1v) is 7.72. The molecule has 4 heteroatoms. The van der Waals surface area contributed by atoms with Crippen molar-refractivity contribution in [2.24, 2.45) is 10.8 Å². The van der Waals surface area contributed by atoms with Gasteiger partial charge >= 0.3 is 0 Å². The summed E-state index contributed by atoms with van der Waals surface area (Å²) in [6.07, 6.45) is 1.66. The number of rotatable bonds is 1. The number of nitrogens with zero attached hydrogens (tertiary/aromatic N) is 1. The van der Waals surface area contributed by atoms with Crippen LogP contribution in [0.3, 0.4) is 0 Å². The van der Waals surface area contributed by atoms with Crippen LogP contribution in [0.5, 0.6) is 0 Å². The maximum Gasteiger partial charge on any atom is 0.249 e. The number of amides is 1. The zero-order valence-corrected chi connectivity index (χ0v) is 14.5. The zero-order valence-electron chi connectivity index (χ0n) is 14.5. The molecule has 0 aromatic carbocycles. The summed E-state index contributed by atoms with van der Waals surface area (Å²) >= 11 is 0. The first kappa shape index (κ1) is 16.5. The molecule has 1 aliphatic carbocycles. The molecular formula is C17H29NO3. The van der Waals surface area contributed by atoms with Gasteiger partial charge in [-0.15, -0.1) is 0 Å². The summed E-state index contributed by atoms with van der Waals surface area (Å²) in [4.78, 5) is 14.3. The van der Waals surface area contributed by atoms with Crippen LogP contribution in [0.15, 0.2) is 11.1 Å². The Balaban J connectivity index is 2.39. The van der Waals surface area contributed by atoms with Crippen LogP contribution in [-0.2, 0) is 14.3 Å². The molecule has 120 valence electrons. The van der Waals surface area contributed by atoms with Crippen molar-refractivity contribution in [1.82, 2.24) is 4.90 Å². The van der Waals surface area contributed by atoms with Gasteiger partial charge in [-0.3, -0.25) is 4.79 Å². The van der Waals surface area contributed by atoms with E-state index < -0.39 is 11.2 Å². The molecule has 0 unspecified atom stereocenters. The van der Waals surface area contributed by atoms with Crippen LogP contribution < -0.4 is 0 Å². The van der Waals surface area contributed by atoms with E-state index in [1.54, 1.807) is 19.0 Å². The minimum atomic E-state index is -0.678. The van der Waals surface area contributed by atoms with Crippen LogP contribution in [0, 0.1) is 10.8 Å². The molecule has 0 atom stereocenters. The Morgan fingerprint density at radius 3 is 2.10 bits per heavy atom. The van der Waals surface area contributed by atoms with Crippen molar-refractivity contribution in [2.45, 2.75) is 53.2 Å². The van der Waals surface area contributed by atoms with Crippen molar-refractivity contribution < 1.29 is 14.3 Å². The maximum atomic E-state index is 12.6. The van der Waals surface area contributed by atoms with E-state index in [1.807, 2.05) is 0 Å². The van der Waals surface area contributed by atoms with Crippen molar-refractivity contribution >= 4 is 5.91 Å². The number of carbonyl (C=O) groups excluding carboxylic acids is 1. The van der Waals surface area contributed by atoms with Crippen molar-refractivity contribution in [3.05, 3.63) is 11.1 Å². The normalized spacial score (nSPS) is 26.8. The van der Waals surface area contributed by atoms with Crippen LogP contribution in [-0.4, -0.2) is 43.9 Å². The largest absolute Gasteiger partial charge is 0.348 e. The van der Waals surface area contributed by atoms with Crippen molar-refractivity contribution in [1.29, 1.82) is 0 Å². The Bertz CT molecular complexity index is 464. The van der Waals surface area contributed by atoms with Gasteiger partial charge in [-0.25, -0.2) is 0 Å². The predicted molar refractivity (Wildman–Crippen MR) is 82.8 cm³/mol. The first-order valence-electron chi connectivity index (χ1n) is 7.72. The van der Waals surface area contributed by atoms with Gasteiger partial charge in [-0.1, -0.05) is 33.3 Å². The molecule has 1 spiro atoms. The van der Waals surface area contributed by atoms with E-state index in [4.69, 9.17) is 9.47 Å². The van der Waals surface area contributed by atoms with E-state index in [-0.39, 0.29) is 11.3 Å². The number of allylic oxidation sites excluding steroid dienone is 1. The monoisotopic (exact) mass is 295 g/mol. The summed E-state index contributed by atoms with van der Waals surface area (Å²) in [5.41, 5.74) is 1.58. The van der Waals surface area contributed by atoms with Crippen molar-refractivity contribution in [2.75, 3.05) is 27.3 Å². The number of hydrogen-bond acceptors (Lipinski definition) is 3. The topological polar surface area (TPSA) is 38.8 Å². The molecule has 1 aliphatic heterocycles. The molecule has 0 aromatic rings. The highest BCUT2D eigenvalue weighted by Gasteiger charge is 2.56. The lowest BCUT2D eigenvalue weighted by molar-refractivity contribution is -0.340. The minimum absolute atomic E-state index is 0.0310. The van der Waals surface area contributed by atoms with E-state index in [9.17, 15) is 4.79 Å². The SMILES string of the molecule is CC1=C(C(=O)N(C)C)C(C)(C)C2(CC1)OCC(C)(C)CO2. The Labute approximate surface area is 128 Å². The average molecular weight is 295 g/mol. The summed E-state index contributed by atoms with van der Waals surface area (Å²) in [5.74, 6) is -0.614. The van der Waals surface area contributed by atoms with Crippen LogP contribution in [0.2, 0.25) is 0 Å². The molecule has 0 radical (unpaired) electrons. The van der Waals surface area contributed by atoms with Gasteiger partial charge in [-0.2, -0.15) is 0 Å².